The lowest BCUT2D eigenvalue weighted by Crippen LogP contribution is -2.24. The summed E-state index contributed by atoms with van der Waals surface area (Å²) in [5, 5.41) is 3.56. The molecule has 2 heteroatoms. The molecule has 0 saturated heterocycles. The van der Waals surface area contributed by atoms with E-state index in [0.717, 1.165) is 12.3 Å². The van der Waals surface area contributed by atoms with Gasteiger partial charge in [-0.15, -0.1) is 0 Å². The van der Waals surface area contributed by atoms with Gasteiger partial charge in [-0.1, -0.05) is 32.4 Å². The van der Waals surface area contributed by atoms with Gasteiger partial charge in [0.15, 0.2) is 0 Å². The van der Waals surface area contributed by atoms with Crippen molar-refractivity contribution in [2.24, 2.45) is 5.92 Å². The molecule has 17 heavy (non-hydrogen) atoms. The molecule has 2 nitrogen and oxygen atoms in total. The highest BCUT2D eigenvalue weighted by Gasteiger charge is 2.11. The van der Waals surface area contributed by atoms with E-state index in [9.17, 15) is 0 Å². The van der Waals surface area contributed by atoms with Crippen LogP contribution in [0, 0.1) is 12.8 Å². The number of hydrogen-bond acceptors (Lipinski definition) is 2. The molecule has 0 aliphatic carbocycles. The molecule has 0 bridgehead atoms. The second kappa shape index (κ2) is 6.65. The van der Waals surface area contributed by atoms with Crippen LogP contribution in [0.15, 0.2) is 18.2 Å². The first-order valence-corrected chi connectivity index (χ1v) is 6.46. The Labute approximate surface area is 105 Å². The monoisotopic (exact) mass is 235 g/mol. The summed E-state index contributed by atoms with van der Waals surface area (Å²) >= 11 is 0. The first-order chi connectivity index (χ1) is 8.08. The lowest BCUT2D eigenvalue weighted by Gasteiger charge is -2.19. The Morgan fingerprint density at radius 3 is 2.59 bits per heavy atom. The number of ether oxygens (including phenoxy) is 1. The zero-order valence-electron chi connectivity index (χ0n) is 11.7. The maximum Gasteiger partial charge on any atom is 0.123 e. The minimum absolute atomic E-state index is 0.333. The third kappa shape index (κ3) is 4.04. The first kappa shape index (κ1) is 14.0. The van der Waals surface area contributed by atoms with Gasteiger partial charge in [0, 0.05) is 11.6 Å². The van der Waals surface area contributed by atoms with Gasteiger partial charge >= 0.3 is 0 Å². The molecule has 0 aliphatic heterocycles. The van der Waals surface area contributed by atoms with E-state index in [0.29, 0.717) is 12.0 Å². The molecular weight excluding hydrogens is 210 g/mol. The fourth-order valence-electron chi connectivity index (χ4n) is 1.81. The highest BCUT2D eigenvalue weighted by atomic mass is 16.5. The number of aryl methyl sites for hydroxylation is 1. The Morgan fingerprint density at radius 2 is 2.00 bits per heavy atom. The normalized spacial score (nSPS) is 14.4. The lowest BCUT2D eigenvalue weighted by atomic mass is 10.0. The van der Waals surface area contributed by atoms with Crippen molar-refractivity contribution >= 4 is 0 Å². The van der Waals surface area contributed by atoms with Gasteiger partial charge in [-0.3, -0.25) is 0 Å². The largest absolute Gasteiger partial charge is 0.496 e. The van der Waals surface area contributed by atoms with Gasteiger partial charge in [-0.05, 0) is 37.9 Å². The SMILES string of the molecule is CCC(C)CNC(C)c1ccc(C)cc1OC. The van der Waals surface area contributed by atoms with Crippen LogP contribution in [0.5, 0.6) is 5.75 Å². The highest BCUT2D eigenvalue weighted by Crippen LogP contribution is 2.26. The van der Waals surface area contributed by atoms with E-state index in [-0.39, 0.29) is 0 Å². The summed E-state index contributed by atoms with van der Waals surface area (Å²) in [6.45, 7) is 9.82. The van der Waals surface area contributed by atoms with Crippen molar-refractivity contribution in [2.45, 2.75) is 40.2 Å². The maximum atomic E-state index is 5.44. The number of benzene rings is 1. The summed E-state index contributed by atoms with van der Waals surface area (Å²) in [5.41, 5.74) is 2.47. The van der Waals surface area contributed by atoms with Crippen molar-refractivity contribution < 1.29 is 4.74 Å². The van der Waals surface area contributed by atoms with Crippen LogP contribution in [-0.4, -0.2) is 13.7 Å². The van der Waals surface area contributed by atoms with Crippen LogP contribution in [0.3, 0.4) is 0 Å². The van der Waals surface area contributed by atoms with Crippen LogP contribution in [0.1, 0.15) is 44.4 Å². The van der Waals surface area contributed by atoms with Crippen LogP contribution in [-0.2, 0) is 0 Å². The van der Waals surface area contributed by atoms with Gasteiger partial charge in [-0.2, -0.15) is 0 Å². The average Bonchev–Trinajstić information content (AvgIpc) is 2.35. The Hall–Kier alpha value is -1.02. The van der Waals surface area contributed by atoms with Gasteiger partial charge in [-0.25, -0.2) is 0 Å². The summed E-state index contributed by atoms with van der Waals surface area (Å²) < 4.78 is 5.44. The smallest absolute Gasteiger partial charge is 0.123 e. The van der Waals surface area contributed by atoms with Crippen molar-refractivity contribution in [3.8, 4) is 5.75 Å². The fourth-order valence-corrected chi connectivity index (χ4v) is 1.81. The number of rotatable bonds is 6. The molecule has 1 N–H and O–H groups in total. The topological polar surface area (TPSA) is 21.3 Å². The van der Waals surface area contributed by atoms with Gasteiger partial charge in [0.1, 0.15) is 5.75 Å². The third-order valence-corrected chi connectivity index (χ3v) is 3.32. The zero-order valence-corrected chi connectivity index (χ0v) is 11.7. The summed E-state index contributed by atoms with van der Waals surface area (Å²) in [6, 6.07) is 6.72. The van der Waals surface area contributed by atoms with E-state index >= 15 is 0 Å². The molecule has 96 valence electrons. The van der Waals surface area contributed by atoms with E-state index < -0.39 is 0 Å². The van der Waals surface area contributed by atoms with Crippen LogP contribution in [0.25, 0.3) is 0 Å². The third-order valence-electron chi connectivity index (χ3n) is 3.32. The van der Waals surface area contributed by atoms with Gasteiger partial charge < -0.3 is 10.1 Å². The van der Waals surface area contributed by atoms with Gasteiger partial charge in [0.2, 0.25) is 0 Å². The van der Waals surface area contributed by atoms with Crippen molar-refractivity contribution in [1.29, 1.82) is 0 Å². The van der Waals surface area contributed by atoms with E-state index in [2.05, 4.69) is 51.2 Å². The molecule has 2 unspecified atom stereocenters. The zero-order chi connectivity index (χ0) is 12.8. The van der Waals surface area contributed by atoms with Crippen molar-refractivity contribution in [2.75, 3.05) is 13.7 Å². The molecule has 0 amide bonds. The predicted molar refractivity (Wildman–Crippen MR) is 73.6 cm³/mol. The predicted octanol–water partition coefficient (Wildman–Crippen LogP) is 3.70. The minimum atomic E-state index is 0.333. The van der Waals surface area contributed by atoms with Crippen molar-refractivity contribution in [3.05, 3.63) is 29.3 Å². The molecule has 1 aromatic carbocycles. The van der Waals surface area contributed by atoms with E-state index in [4.69, 9.17) is 4.74 Å². The molecule has 0 spiro atoms. The minimum Gasteiger partial charge on any atom is -0.496 e. The number of nitrogens with one attached hydrogen (secondary N) is 1. The molecular formula is C15H25NO. The lowest BCUT2D eigenvalue weighted by molar-refractivity contribution is 0.395. The molecule has 2 atom stereocenters. The Balaban J connectivity index is 2.71. The standard InChI is InChI=1S/C15H25NO/c1-6-11(2)10-16-13(4)14-8-7-12(3)9-15(14)17-5/h7-9,11,13,16H,6,10H2,1-5H3. The molecule has 0 aromatic heterocycles. The van der Waals surface area contributed by atoms with Crippen molar-refractivity contribution in [1.82, 2.24) is 5.32 Å². The van der Waals surface area contributed by atoms with E-state index in [1.807, 2.05) is 0 Å². The van der Waals surface area contributed by atoms with Gasteiger partial charge in [0.25, 0.3) is 0 Å². The molecule has 0 fully saturated rings. The molecule has 1 aromatic rings. The summed E-state index contributed by atoms with van der Waals surface area (Å²) in [5.74, 6) is 1.70. The highest BCUT2D eigenvalue weighted by molar-refractivity contribution is 5.38. The Kier molecular flexibility index (Phi) is 5.49. The molecule has 0 radical (unpaired) electrons. The van der Waals surface area contributed by atoms with Gasteiger partial charge in [0.05, 0.1) is 7.11 Å². The second-order valence-corrected chi connectivity index (χ2v) is 4.89. The summed E-state index contributed by atoms with van der Waals surface area (Å²) in [6.07, 6.45) is 1.21. The molecule has 0 heterocycles. The first-order valence-electron chi connectivity index (χ1n) is 6.46. The Bertz CT molecular complexity index is 349. The van der Waals surface area contributed by atoms with Crippen LogP contribution < -0.4 is 10.1 Å². The number of methoxy groups -OCH3 is 1. The van der Waals surface area contributed by atoms with Crippen LogP contribution in [0.2, 0.25) is 0 Å². The molecule has 1 rings (SSSR count). The van der Waals surface area contributed by atoms with E-state index in [1.165, 1.54) is 17.5 Å². The van der Waals surface area contributed by atoms with E-state index in [1.54, 1.807) is 7.11 Å². The second-order valence-electron chi connectivity index (χ2n) is 4.89. The summed E-state index contributed by atoms with van der Waals surface area (Å²) in [4.78, 5) is 0. The molecule has 0 saturated carbocycles. The summed E-state index contributed by atoms with van der Waals surface area (Å²) in [7, 11) is 1.74. The quantitative estimate of drug-likeness (QED) is 0.811. The van der Waals surface area contributed by atoms with Crippen LogP contribution >= 0.6 is 0 Å². The maximum absolute atomic E-state index is 5.44. The molecule has 0 aliphatic rings. The fraction of sp³-hybridized carbons (Fsp3) is 0.600. The average molecular weight is 235 g/mol. The number of hydrogen-bond donors (Lipinski definition) is 1. The Morgan fingerprint density at radius 1 is 1.29 bits per heavy atom. The van der Waals surface area contributed by atoms with Crippen LogP contribution in [0.4, 0.5) is 0 Å². The van der Waals surface area contributed by atoms with Crippen molar-refractivity contribution in [3.63, 3.8) is 0 Å².